The zero-order chi connectivity index (χ0) is 12.4. The lowest BCUT2D eigenvalue weighted by Gasteiger charge is -2.09. The quantitative estimate of drug-likeness (QED) is 0.882. The molecule has 0 aliphatic rings. The molecule has 4 heteroatoms. The third-order valence-electron chi connectivity index (χ3n) is 2.68. The lowest BCUT2D eigenvalue weighted by atomic mass is 10.1. The topological polar surface area (TPSA) is 24.9 Å². The number of aryl methyl sites for hydroxylation is 1. The molecule has 2 aromatic rings. The van der Waals surface area contributed by atoms with Crippen molar-refractivity contribution in [3.8, 4) is 0 Å². The van der Waals surface area contributed by atoms with Gasteiger partial charge in [0.2, 0.25) is 0 Å². The largest absolute Gasteiger partial charge is 0.373 e. The van der Waals surface area contributed by atoms with Gasteiger partial charge in [0.1, 0.15) is 17.5 Å². The predicted octanol–water partition coefficient (Wildman–Crippen LogP) is 3.51. The van der Waals surface area contributed by atoms with E-state index in [2.05, 4.69) is 10.3 Å². The molecule has 0 aliphatic heterocycles. The Morgan fingerprint density at radius 3 is 2.65 bits per heavy atom. The first kappa shape index (κ1) is 11.8. The average Bonchev–Trinajstić information content (AvgIpc) is 2.29. The second-order valence-electron chi connectivity index (χ2n) is 3.95. The zero-order valence-corrected chi connectivity index (χ0v) is 9.85. The summed E-state index contributed by atoms with van der Waals surface area (Å²) in [7, 11) is 1.75. The van der Waals surface area contributed by atoms with E-state index in [0.717, 1.165) is 24.5 Å². The summed E-state index contributed by atoms with van der Waals surface area (Å²) < 4.78 is 26.7. The highest BCUT2D eigenvalue weighted by molar-refractivity contribution is 5.82. The third-order valence-corrected chi connectivity index (χ3v) is 2.68. The van der Waals surface area contributed by atoms with E-state index < -0.39 is 11.6 Å². The van der Waals surface area contributed by atoms with Crippen LogP contribution in [0.4, 0.5) is 14.6 Å². The standard InChI is InChI=1S/C13H14F2N2/c1-3-4-8-5-10-11(15)6-9(14)7-12(10)17-13(8)16-2/h5-7H,3-4H2,1-2H3,(H,16,17). The molecule has 2 rings (SSSR count). The van der Waals surface area contributed by atoms with Crippen molar-refractivity contribution in [1.29, 1.82) is 0 Å². The summed E-state index contributed by atoms with van der Waals surface area (Å²) in [5, 5.41) is 3.32. The van der Waals surface area contributed by atoms with Crippen molar-refractivity contribution < 1.29 is 8.78 Å². The van der Waals surface area contributed by atoms with Crippen LogP contribution in [0.5, 0.6) is 0 Å². The number of fused-ring (bicyclic) bond motifs is 1. The van der Waals surface area contributed by atoms with E-state index >= 15 is 0 Å². The summed E-state index contributed by atoms with van der Waals surface area (Å²) in [4.78, 5) is 4.24. The number of hydrogen-bond acceptors (Lipinski definition) is 2. The Hall–Kier alpha value is -1.71. The molecule has 0 aliphatic carbocycles. The second-order valence-corrected chi connectivity index (χ2v) is 3.95. The molecule has 0 saturated heterocycles. The zero-order valence-electron chi connectivity index (χ0n) is 9.85. The van der Waals surface area contributed by atoms with E-state index in [-0.39, 0.29) is 0 Å². The van der Waals surface area contributed by atoms with E-state index in [1.54, 1.807) is 13.1 Å². The first-order valence-corrected chi connectivity index (χ1v) is 5.62. The highest BCUT2D eigenvalue weighted by Crippen LogP contribution is 2.24. The van der Waals surface area contributed by atoms with Gasteiger partial charge >= 0.3 is 0 Å². The molecule has 2 nitrogen and oxygen atoms in total. The van der Waals surface area contributed by atoms with Crippen LogP contribution in [0, 0.1) is 11.6 Å². The Labute approximate surface area is 98.7 Å². The van der Waals surface area contributed by atoms with Gasteiger partial charge in [0.15, 0.2) is 0 Å². The maximum Gasteiger partial charge on any atom is 0.135 e. The molecule has 90 valence electrons. The fourth-order valence-corrected chi connectivity index (χ4v) is 1.92. The molecule has 0 bridgehead atoms. The molecule has 1 N–H and O–H groups in total. The molecule has 0 atom stereocenters. The van der Waals surface area contributed by atoms with E-state index in [1.165, 1.54) is 6.07 Å². The Morgan fingerprint density at radius 1 is 1.24 bits per heavy atom. The van der Waals surface area contributed by atoms with Crippen molar-refractivity contribution >= 4 is 16.7 Å². The van der Waals surface area contributed by atoms with Gasteiger partial charge in [-0.2, -0.15) is 0 Å². The highest BCUT2D eigenvalue weighted by Gasteiger charge is 2.10. The molecular formula is C13H14F2N2. The van der Waals surface area contributed by atoms with Crippen molar-refractivity contribution in [2.45, 2.75) is 19.8 Å². The molecule has 1 heterocycles. The fraction of sp³-hybridized carbons (Fsp3) is 0.308. The fourth-order valence-electron chi connectivity index (χ4n) is 1.92. The lowest BCUT2D eigenvalue weighted by molar-refractivity contribution is 0.591. The van der Waals surface area contributed by atoms with E-state index in [0.29, 0.717) is 16.7 Å². The summed E-state index contributed by atoms with van der Waals surface area (Å²) in [5.74, 6) is -0.482. The summed E-state index contributed by atoms with van der Waals surface area (Å²) in [5.41, 5.74) is 1.29. The summed E-state index contributed by atoms with van der Waals surface area (Å²) >= 11 is 0. The van der Waals surface area contributed by atoms with Crippen LogP contribution in [-0.2, 0) is 6.42 Å². The molecule has 0 fully saturated rings. The van der Waals surface area contributed by atoms with Crippen LogP contribution in [0.1, 0.15) is 18.9 Å². The van der Waals surface area contributed by atoms with E-state index in [1.807, 2.05) is 6.92 Å². The van der Waals surface area contributed by atoms with Crippen molar-refractivity contribution in [3.63, 3.8) is 0 Å². The first-order valence-electron chi connectivity index (χ1n) is 5.62. The number of hydrogen-bond donors (Lipinski definition) is 1. The van der Waals surface area contributed by atoms with Crippen molar-refractivity contribution in [1.82, 2.24) is 4.98 Å². The number of halogens is 2. The van der Waals surface area contributed by atoms with Gasteiger partial charge in [-0.25, -0.2) is 13.8 Å². The molecular weight excluding hydrogens is 222 g/mol. The number of benzene rings is 1. The monoisotopic (exact) mass is 236 g/mol. The number of nitrogens with zero attached hydrogens (tertiary/aromatic N) is 1. The van der Waals surface area contributed by atoms with E-state index in [4.69, 9.17) is 0 Å². The van der Waals surface area contributed by atoms with Crippen molar-refractivity contribution in [2.24, 2.45) is 0 Å². The Bertz CT molecular complexity index is 553. The Kier molecular flexibility index (Phi) is 3.22. The number of pyridine rings is 1. The van der Waals surface area contributed by atoms with Gasteiger partial charge in [-0.15, -0.1) is 0 Å². The van der Waals surface area contributed by atoms with Gasteiger partial charge in [0.05, 0.1) is 5.52 Å². The minimum Gasteiger partial charge on any atom is -0.373 e. The van der Waals surface area contributed by atoms with Gasteiger partial charge < -0.3 is 5.32 Å². The van der Waals surface area contributed by atoms with Gasteiger partial charge in [-0.3, -0.25) is 0 Å². The third kappa shape index (κ3) is 2.20. The van der Waals surface area contributed by atoms with Crippen molar-refractivity contribution in [2.75, 3.05) is 12.4 Å². The molecule has 0 radical (unpaired) electrons. The molecule has 0 saturated carbocycles. The first-order chi connectivity index (χ1) is 8.15. The SMILES string of the molecule is CCCc1cc2c(F)cc(F)cc2nc1NC. The van der Waals surface area contributed by atoms with Crippen LogP contribution in [0.15, 0.2) is 18.2 Å². The van der Waals surface area contributed by atoms with Gasteiger partial charge in [-0.1, -0.05) is 13.3 Å². The smallest absolute Gasteiger partial charge is 0.135 e. The Balaban J connectivity index is 2.69. The minimum atomic E-state index is -0.604. The van der Waals surface area contributed by atoms with Crippen LogP contribution in [-0.4, -0.2) is 12.0 Å². The Morgan fingerprint density at radius 2 is 2.00 bits per heavy atom. The molecule has 1 aromatic carbocycles. The molecule has 1 aromatic heterocycles. The van der Waals surface area contributed by atoms with Crippen LogP contribution >= 0.6 is 0 Å². The van der Waals surface area contributed by atoms with Crippen molar-refractivity contribution in [3.05, 3.63) is 35.4 Å². The minimum absolute atomic E-state index is 0.340. The number of aromatic nitrogens is 1. The summed E-state index contributed by atoms with van der Waals surface area (Å²) in [6.07, 6.45) is 1.76. The van der Waals surface area contributed by atoms with Crippen LogP contribution < -0.4 is 5.32 Å². The maximum atomic E-state index is 13.6. The highest BCUT2D eigenvalue weighted by atomic mass is 19.1. The summed E-state index contributed by atoms with van der Waals surface area (Å²) in [6.45, 7) is 2.05. The predicted molar refractivity (Wildman–Crippen MR) is 65.2 cm³/mol. The lowest BCUT2D eigenvalue weighted by Crippen LogP contribution is -2.00. The molecule has 0 amide bonds. The van der Waals surface area contributed by atoms with Crippen LogP contribution in [0.3, 0.4) is 0 Å². The molecule has 0 unspecified atom stereocenters. The van der Waals surface area contributed by atoms with E-state index in [9.17, 15) is 8.78 Å². The van der Waals surface area contributed by atoms with Gasteiger partial charge in [0.25, 0.3) is 0 Å². The molecule has 0 spiro atoms. The molecule has 17 heavy (non-hydrogen) atoms. The van der Waals surface area contributed by atoms with Crippen LogP contribution in [0.2, 0.25) is 0 Å². The summed E-state index contributed by atoms with van der Waals surface area (Å²) in [6, 6.07) is 3.88. The van der Waals surface area contributed by atoms with Crippen LogP contribution in [0.25, 0.3) is 10.9 Å². The number of nitrogens with one attached hydrogen (secondary N) is 1. The van der Waals surface area contributed by atoms with Gasteiger partial charge in [-0.05, 0) is 18.1 Å². The van der Waals surface area contributed by atoms with Gasteiger partial charge in [0, 0.05) is 24.6 Å². The maximum absolute atomic E-state index is 13.6. The average molecular weight is 236 g/mol. The number of rotatable bonds is 3. The normalized spacial score (nSPS) is 10.8. The number of anilines is 1. The second kappa shape index (κ2) is 4.65.